The number of amides is 1. The van der Waals surface area contributed by atoms with Gasteiger partial charge in [0.25, 0.3) is 11.6 Å². The number of carbonyl (C=O) groups is 2. The summed E-state index contributed by atoms with van der Waals surface area (Å²) in [4.78, 5) is 41.4. The van der Waals surface area contributed by atoms with Crippen LogP contribution >= 0.6 is 0 Å². The van der Waals surface area contributed by atoms with E-state index in [1.165, 1.54) is 51.7 Å². The SMILES string of the molecule is COc1cc(/C=C/C(=O)C2=C(c3ccccc3)C3C=C([N+](=O)[O-])C=CC3=NC2=O)cc(OC)c1OC. The van der Waals surface area contributed by atoms with Crippen molar-refractivity contribution in [3.63, 3.8) is 0 Å². The predicted octanol–water partition coefficient (Wildman–Crippen LogP) is 4.08. The lowest BCUT2D eigenvalue weighted by atomic mass is 9.79. The van der Waals surface area contributed by atoms with E-state index in [9.17, 15) is 19.7 Å². The molecular weight excluding hydrogens is 464 g/mol. The lowest BCUT2D eigenvalue weighted by Crippen LogP contribution is -2.28. The Labute approximate surface area is 206 Å². The molecule has 0 radical (unpaired) electrons. The summed E-state index contributed by atoms with van der Waals surface area (Å²) in [7, 11) is 4.45. The fraction of sp³-hybridized carbons (Fsp3) is 0.148. The number of hydrogen-bond donors (Lipinski definition) is 0. The van der Waals surface area contributed by atoms with Gasteiger partial charge in [-0.25, -0.2) is 4.99 Å². The molecule has 9 nitrogen and oxygen atoms in total. The average molecular weight is 486 g/mol. The van der Waals surface area contributed by atoms with E-state index < -0.39 is 22.5 Å². The number of aliphatic imine (C=N–C) groups is 1. The summed E-state index contributed by atoms with van der Waals surface area (Å²) in [5.41, 5.74) is 1.60. The molecule has 0 bridgehead atoms. The number of nitro groups is 1. The van der Waals surface area contributed by atoms with E-state index in [2.05, 4.69) is 4.99 Å². The molecule has 0 spiro atoms. The van der Waals surface area contributed by atoms with Crippen LogP contribution in [0.1, 0.15) is 11.1 Å². The monoisotopic (exact) mass is 486 g/mol. The van der Waals surface area contributed by atoms with Crippen molar-refractivity contribution in [3.8, 4) is 17.2 Å². The normalized spacial score (nSPS) is 16.9. The van der Waals surface area contributed by atoms with E-state index in [0.717, 1.165) is 0 Å². The first-order chi connectivity index (χ1) is 17.4. The number of carbonyl (C=O) groups excluding carboxylic acids is 2. The first-order valence-electron chi connectivity index (χ1n) is 10.9. The number of ketones is 1. The van der Waals surface area contributed by atoms with Crippen LogP contribution in [0.15, 0.2) is 83.0 Å². The van der Waals surface area contributed by atoms with Crippen LogP contribution in [0.5, 0.6) is 17.2 Å². The Bertz CT molecular complexity index is 1370. The summed E-state index contributed by atoms with van der Waals surface area (Å²) in [6, 6.07) is 12.2. The molecule has 9 heteroatoms. The number of ether oxygens (including phenoxy) is 3. The van der Waals surface area contributed by atoms with E-state index in [0.29, 0.717) is 39.7 Å². The quantitative estimate of drug-likeness (QED) is 0.239. The van der Waals surface area contributed by atoms with Gasteiger partial charge in [-0.05, 0) is 41.0 Å². The Balaban J connectivity index is 1.81. The van der Waals surface area contributed by atoms with Crippen molar-refractivity contribution < 1.29 is 28.7 Å². The minimum Gasteiger partial charge on any atom is -0.493 e. The Hall–Kier alpha value is -4.79. The molecule has 182 valence electrons. The number of hydrogen-bond acceptors (Lipinski definition) is 7. The molecule has 1 heterocycles. The first kappa shape index (κ1) is 24.3. The molecule has 2 aromatic rings. The van der Waals surface area contributed by atoms with Crippen LogP contribution in [0.4, 0.5) is 0 Å². The van der Waals surface area contributed by atoms with E-state index >= 15 is 0 Å². The van der Waals surface area contributed by atoms with Gasteiger partial charge >= 0.3 is 0 Å². The van der Waals surface area contributed by atoms with Crippen molar-refractivity contribution in [1.82, 2.24) is 0 Å². The predicted molar refractivity (Wildman–Crippen MR) is 134 cm³/mol. The van der Waals surface area contributed by atoms with Crippen LogP contribution in [-0.2, 0) is 9.59 Å². The van der Waals surface area contributed by atoms with Crippen LogP contribution in [-0.4, -0.2) is 43.7 Å². The van der Waals surface area contributed by atoms with Crippen molar-refractivity contribution in [3.05, 3.63) is 99.3 Å². The highest BCUT2D eigenvalue weighted by atomic mass is 16.6. The number of allylic oxidation sites excluding steroid dienone is 5. The highest BCUT2D eigenvalue weighted by Gasteiger charge is 2.36. The molecule has 0 saturated carbocycles. The van der Waals surface area contributed by atoms with Gasteiger partial charge < -0.3 is 14.2 Å². The van der Waals surface area contributed by atoms with Crippen LogP contribution in [0.25, 0.3) is 11.6 Å². The Morgan fingerprint density at radius 1 is 1.03 bits per heavy atom. The van der Waals surface area contributed by atoms with Gasteiger partial charge in [0.05, 0.1) is 43.5 Å². The van der Waals surface area contributed by atoms with E-state index in [4.69, 9.17) is 14.2 Å². The van der Waals surface area contributed by atoms with Crippen molar-refractivity contribution in [2.45, 2.75) is 0 Å². The second kappa shape index (κ2) is 10.2. The van der Waals surface area contributed by atoms with Gasteiger partial charge in [0.15, 0.2) is 17.3 Å². The summed E-state index contributed by atoms with van der Waals surface area (Å²) < 4.78 is 16.0. The van der Waals surface area contributed by atoms with E-state index in [1.807, 2.05) is 0 Å². The number of nitrogens with zero attached hydrogens (tertiary/aromatic N) is 2. The van der Waals surface area contributed by atoms with Crippen molar-refractivity contribution in [1.29, 1.82) is 0 Å². The molecule has 1 unspecified atom stereocenters. The van der Waals surface area contributed by atoms with Gasteiger partial charge in [-0.3, -0.25) is 19.7 Å². The third kappa shape index (κ3) is 4.58. The zero-order valence-corrected chi connectivity index (χ0v) is 19.8. The Morgan fingerprint density at radius 2 is 1.69 bits per heavy atom. The highest BCUT2D eigenvalue weighted by molar-refractivity contribution is 6.34. The van der Waals surface area contributed by atoms with E-state index in [-0.39, 0.29) is 11.3 Å². The maximum absolute atomic E-state index is 13.4. The van der Waals surface area contributed by atoms with Crippen molar-refractivity contribution in [2.24, 2.45) is 10.9 Å². The molecule has 2 aliphatic rings. The molecule has 4 rings (SSSR count). The van der Waals surface area contributed by atoms with Crippen LogP contribution in [0, 0.1) is 16.0 Å². The molecule has 1 amide bonds. The standard InChI is InChI=1S/C27H22N2O7/c1-34-22-13-16(14-23(35-2)26(22)36-3)9-12-21(30)25-24(17-7-5-4-6-8-17)19-15-18(29(32)33)10-11-20(19)28-27(25)31/h4-15,19H,1-3H3/b12-9+. The summed E-state index contributed by atoms with van der Waals surface area (Å²) in [6.07, 6.45) is 6.92. The fourth-order valence-corrected chi connectivity index (χ4v) is 4.12. The van der Waals surface area contributed by atoms with Crippen molar-refractivity contribution >= 4 is 29.1 Å². The van der Waals surface area contributed by atoms with Gasteiger partial charge in [0.1, 0.15) is 0 Å². The van der Waals surface area contributed by atoms with E-state index in [1.54, 1.807) is 42.5 Å². The number of benzene rings is 2. The second-order valence-corrected chi connectivity index (χ2v) is 7.81. The summed E-state index contributed by atoms with van der Waals surface area (Å²) in [5, 5.41) is 11.4. The van der Waals surface area contributed by atoms with Gasteiger partial charge in [-0.15, -0.1) is 0 Å². The molecule has 0 aromatic heterocycles. The molecule has 0 N–H and O–H groups in total. The molecule has 1 aliphatic carbocycles. The number of methoxy groups -OCH3 is 3. The third-order valence-electron chi connectivity index (χ3n) is 5.76. The van der Waals surface area contributed by atoms with Crippen LogP contribution in [0.3, 0.4) is 0 Å². The second-order valence-electron chi connectivity index (χ2n) is 7.81. The summed E-state index contributed by atoms with van der Waals surface area (Å²) >= 11 is 0. The third-order valence-corrected chi connectivity index (χ3v) is 5.76. The van der Waals surface area contributed by atoms with Crippen LogP contribution in [0.2, 0.25) is 0 Å². The number of fused-ring (bicyclic) bond motifs is 1. The summed E-state index contributed by atoms with van der Waals surface area (Å²) in [5.74, 6) is -0.794. The Morgan fingerprint density at radius 3 is 2.28 bits per heavy atom. The topological polar surface area (TPSA) is 117 Å². The maximum atomic E-state index is 13.4. The number of dihydropyridines is 1. The lowest BCUT2D eigenvalue weighted by molar-refractivity contribution is -0.419. The molecule has 0 fully saturated rings. The minimum absolute atomic E-state index is 0.138. The van der Waals surface area contributed by atoms with Gasteiger partial charge in [-0.2, -0.15) is 0 Å². The molecule has 36 heavy (non-hydrogen) atoms. The molecular formula is C27H22N2O7. The molecule has 1 aliphatic heterocycles. The smallest absolute Gasteiger partial charge is 0.281 e. The highest BCUT2D eigenvalue weighted by Crippen LogP contribution is 2.39. The number of rotatable bonds is 8. The van der Waals surface area contributed by atoms with Gasteiger partial charge in [-0.1, -0.05) is 36.4 Å². The largest absolute Gasteiger partial charge is 0.493 e. The summed E-state index contributed by atoms with van der Waals surface area (Å²) in [6.45, 7) is 0. The molecule has 0 saturated heterocycles. The Kier molecular flexibility index (Phi) is 6.91. The van der Waals surface area contributed by atoms with Crippen molar-refractivity contribution in [2.75, 3.05) is 21.3 Å². The minimum atomic E-state index is -0.718. The lowest BCUT2D eigenvalue weighted by Gasteiger charge is -2.25. The van der Waals surface area contributed by atoms with Crippen LogP contribution < -0.4 is 14.2 Å². The zero-order valence-electron chi connectivity index (χ0n) is 19.8. The maximum Gasteiger partial charge on any atom is 0.281 e. The van der Waals surface area contributed by atoms with Gasteiger partial charge in [0.2, 0.25) is 5.75 Å². The zero-order chi connectivity index (χ0) is 25.8. The first-order valence-corrected chi connectivity index (χ1v) is 10.9. The van der Waals surface area contributed by atoms with Gasteiger partial charge in [0, 0.05) is 12.2 Å². The fourth-order valence-electron chi connectivity index (χ4n) is 4.12. The molecule has 2 aromatic carbocycles. The molecule has 1 atom stereocenters. The average Bonchev–Trinajstić information content (AvgIpc) is 2.90.